The molecule has 2 aromatic heterocycles. The maximum absolute atomic E-state index is 9.81. The normalized spacial score (nSPS) is 13.7. The van der Waals surface area contributed by atoms with Gasteiger partial charge >= 0.3 is 0 Å². The van der Waals surface area contributed by atoms with Gasteiger partial charge in [0.25, 0.3) is 0 Å². The molecule has 19 rings (SSSR count). The SMILES string of the molecule is [C-]#[N+]c1ccc(-c2ccc3c4ccc(-c5ccc(C#N)cc5)cc4c4nc5c(-c6cccc7c6-c6ccccc6C76c7ccccc7-c7ccccc76)sc(-c6cccc7c6-c6ccccc6C76c7ccccc7-c7ccccc76)c5nc4c3c2)cc1. The van der Waals surface area contributed by atoms with E-state index in [2.05, 4.69) is 229 Å². The molecular formula is C82H44N4S. The molecule has 2 spiro atoms. The molecule has 0 amide bonds. The molecule has 2 heterocycles. The van der Waals surface area contributed by atoms with Crippen molar-refractivity contribution in [1.29, 1.82) is 5.26 Å². The fraction of sp³-hybridized carbons (Fsp3) is 0.0244. The molecule has 0 saturated heterocycles. The van der Waals surface area contributed by atoms with Crippen molar-refractivity contribution in [2.75, 3.05) is 0 Å². The number of thiophene rings is 1. The van der Waals surface area contributed by atoms with Crippen LogP contribution in [0.2, 0.25) is 0 Å². The number of nitriles is 1. The number of aromatic nitrogens is 2. The summed E-state index contributed by atoms with van der Waals surface area (Å²) in [6.07, 6.45) is 0. The molecular weight excluding hydrogens is 1070 g/mol. The molecule has 4 aliphatic rings. The Bertz CT molecular complexity index is 5240. The summed E-state index contributed by atoms with van der Waals surface area (Å²) >= 11 is 1.82. The highest BCUT2D eigenvalue weighted by atomic mass is 32.1. The number of rotatable bonds is 4. The lowest BCUT2D eigenvalue weighted by Gasteiger charge is -2.30. The largest absolute Gasteiger partial charge is 0.242 e. The third-order valence-corrected chi connectivity index (χ3v) is 20.8. The lowest BCUT2D eigenvalue weighted by molar-refractivity contribution is 0.794. The van der Waals surface area contributed by atoms with Crippen LogP contribution in [0, 0.1) is 17.9 Å². The summed E-state index contributed by atoms with van der Waals surface area (Å²) in [5.74, 6) is 0. The number of fused-ring (bicyclic) bond motifs is 27. The zero-order valence-corrected chi connectivity index (χ0v) is 47.4. The predicted molar refractivity (Wildman–Crippen MR) is 355 cm³/mol. The van der Waals surface area contributed by atoms with E-state index in [1.54, 1.807) is 0 Å². The number of benzene rings is 13. The van der Waals surface area contributed by atoms with E-state index in [1.165, 1.54) is 89.0 Å². The molecule has 0 bridgehead atoms. The Labute approximate surface area is 505 Å². The van der Waals surface area contributed by atoms with Crippen LogP contribution in [-0.2, 0) is 10.8 Å². The predicted octanol–water partition coefficient (Wildman–Crippen LogP) is 20.9. The quantitative estimate of drug-likeness (QED) is 0.130. The van der Waals surface area contributed by atoms with Gasteiger partial charge in [0.15, 0.2) is 5.69 Å². The zero-order chi connectivity index (χ0) is 57.3. The van der Waals surface area contributed by atoms with Crippen LogP contribution in [0.15, 0.2) is 267 Å². The maximum atomic E-state index is 9.81. The Kier molecular flexibility index (Phi) is 9.73. The molecule has 13 aromatic carbocycles. The Morgan fingerprint density at radius 3 is 1.05 bits per heavy atom. The molecule has 5 heteroatoms. The summed E-state index contributed by atoms with van der Waals surface area (Å²) in [6, 6.07) is 99.7. The van der Waals surface area contributed by atoms with Crippen LogP contribution in [-0.4, -0.2) is 9.97 Å². The van der Waals surface area contributed by atoms with Crippen molar-refractivity contribution in [2.45, 2.75) is 10.8 Å². The molecule has 0 atom stereocenters. The van der Waals surface area contributed by atoms with Gasteiger partial charge in [-0.1, -0.05) is 243 Å². The van der Waals surface area contributed by atoms with E-state index in [4.69, 9.17) is 16.5 Å². The number of nitrogens with zero attached hydrogens (tertiary/aromatic N) is 4. The molecule has 87 heavy (non-hydrogen) atoms. The first-order chi connectivity index (χ1) is 43.1. The minimum atomic E-state index is -0.541. The molecule has 0 unspecified atom stereocenters. The Morgan fingerprint density at radius 2 is 0.655 bits per heavy atom. The van der Waals surface area contributed by atoms with Gasteiger partial charge in [0, 0.05) is 21.9 Å². The Hall–Kier alpha value is -11.3. The summed E-state index contributed by atoms with van der Waals surface area (Å²) in [4.78, 5) is 18.1. The summed E-state index contributed by atoms with van der Waals surface area (Å²) < 4.78 is 0. The van der Waals surface area contributed by atoms with Gasteiger partial charge in [-0.2, -0.15) is 5.26 Å². The van der Waals surface area contributed by atoms with Crippen LogP contribution in [0.25, 0.3) is 136 Å². The second-order valence-corrected chi connectivity index (χ2v) is 24.5. The summed E-state index contributed by atoms with van der Waals surface area (Å²) in [5, 5.41) is 14.0. The van der Waals surface area contributed by atoms with E-state index in [9.17, 15) is 5.26 Å². The van der Waals surface area contributed by atoms with Gasteiger partial charge < -0.3 is 0 Å². The number of hydrogen-bond donors (Lipinski definition) is 0. The first kappa shape index (κ1) is 48.1. The average Bonchev–Trinajstić information content (AvgIpc) is 1.55. The van der Waals surface area contributed by atoms with E-state index < -0.39 is 10.8 Å². The van der Waals surface area contributed by atoms with E-state index in [0.717, 1.165) is 86.7 Å². The maximum Gasteiger partial charge on any atom is 0.187 e. The molecule has 0 fully saturated rings. The van der Waals surface area contributed by atoms with Crippen molar-refractivity contribution >= 4 is 60.6 Å². The van der Waals surface area contributed by atoms with Gasteiger partial charge in [0.1, 0.15) is 11.0 Å². The zero-order valence-electron chi connectivity index (χ0n) is 46.6. The fourth-order valence-electron chi connectivity index (χ4n) is 16.1. The molecule has 0 saturated carbocycles. The van der Waals surface area contributed by atoms with Gasteiger partial charge in [-0.15, -0.1) is 11.3 Å². The average molecular weight is 1120 g/mol. The van der Waals surface area contributed by atoms with Crippen molar-refractivity contribution in [3.8, 4) is 93.7 Å². The van der Waals surface area contributed by atoms with E-state index in [-0.39, 0.29) is 0 Å². The first-order valence-electron chi connectivity index (χ1n) is 29.5. The van der Waals surface area contributed by atoms with Gasteiger partial charge in [-0.05, 0) is 146 Å². The van der Waals surface area contributed by atoms with Crippen LogP contribution in [0.5, 0.6) is 0 Å². The van der Waals surface area contributed by atoms with Crippen molar-refractivity contribution in [1.82, 2.24) is 9.97 Å². The van der Waals surface area contributed by atoms with E-state index in [0.29, 0.717) is 11.3 Å². The lowest BCUT2D eigenvalue weighted by Crippen LogP contribution is -2.25. The van der Waals surface area contributed by atoms with E-state index >= 15 is 0 Å². The monoisotopic (exact) mass is 1120 g/mol. The fourth-order valence-corrected chi connectivity index (χ4v) is 17.4. The minimum Gasteiger partial charge on any atom is -0.242 e. The standard InChI is InChI=1S/C82H44N4S/c1-84-52-40-36-49(37-41-52)51-39-43-54-53-42-38-50(48-34-32-47(46-83)33-35-48)44-63(53)75-76(64(54)45-51)86-78-77(85-75)79(61-22-14-30-71-73(61)59-20-6-12-28-69(59)81(71)65-24-8-2-16-55(65)56-17-3-9-25-66(56)81)87-80(78)62-23-15-31-72-74(62)60-21-7-13-29-70(60)82(72)67-26-10-4-18-57(67)58-19-5-11-27-68(58)82/h2-45H. The van der Waals surface area contributed by atoms with Crippen molar-refractivity contribution in [2.24, 2.45) is 0 Å². The second-order valence-electron chi connectivity index (χ2n) is 23.5. The van der Waals surface area contributed by atoms with Crippen molar-refractivity contribution < 1.29 is 0 Å². The summed E-state index contributed by atoms with van der Waals surface area (Å²) in [5.41, 5.74) is 30.1. The van der Waals surface area contributed by atoms with Crippen LogP contribution in [0.3, 0.4) is 0 Å². The third-order valence-electron chi connectivity index (χ3n) is 19.6. The summed E-state index contributed by atoms with van der Waals surface area (Å²) in [7, 11) is 0. The molecule has 0 radical (unpaired) electrons. The van der Waals surface area contributed by atoms with Crippen LogP contribution >= 0.6 is 11.3 Å². The van der Waals surface area contributed by atoms with Crippen LogP contribution in [0.4, 0.5) is 5.69 Å². The highest BCUT2D eigenvalue weighted by molar-refractivity contribution is 7.21. The van der Waals surface area contributed by atoms with Gasteiger partial charge in [0.05, 0.1) is 49.8 Å². The minimum absolute atomic E-state index is 0.541. The Balaban J connectivity index is 0.956. The van der Waals surface area contributed by atoms with Gasteiger partial charge in [-0.25, -0.2) is 14.8 Å². The van der Waals surface area contributed by atoms with Crippen molar-refractivity contribution in [3.05, 3.63) is 328 Å². The molecule has 398 valence electrons. The highest BCUT2D eigenvalue weighted by Gasteiger charge is 2.54. The first-order valence-corrected chi connectivity index (χ1v) is 30.4. The number of hydrogen-bond acceptors (Lipinski definition) is 4. The molecule has 4 aliphatic carbocycles. The third kappa shape index (κ3) is 6.17. The molecule has 4 nitrogen and oxygen atoms in total. The Morgan fingerprint density at radius 1 is 0.322 bits per heavy atom. The lowest BCUT2D eigenvalue weighted by atomic mass is 9.70. The van der Waals surface area contributed by atoms with Crippen LogP contribution in [0.1, 0.15) is 50.1 Å². The summed E-state index contributed by atoms with van der Waals surface area (Å²) in [6.45, 7) is 7.72. The van der Waals surface area contributed by atoms with E-state index in [1.807, 2.05) is 59.9 Å². The van der Waals surface area contributed by atoms with Crippen molar-refractivity contribution in [3.63, 3.8) is 0 Å². The van der Waals surface area contributed by atoms with Gasteiger partial charge in [-0.3, -0.25) is 0 Å². The topological polar surface area (TPSA) is 53.9 Å². The molecule has 0 N–H and O–H groups in total. The second kappa shape index (κ2) is 17.6. The molecule has 0 aliphatic heterocycles. The highest BCUT2D eigenvalue weighted by Crippen LogP contribution is 2.67. The molecule has 15 aromatic rings. The van der Waals surface area contributed by atoms with Gasteiger partial charge in [0.2, 0.25) is 0 Å². The smallest absolute Gasteiger partial charge is 0.187 e. The van der Waals surface area contributed by atoms with Crippen LogP contribution < -0.4 is 0 Å².